The molecule has 0 saturated carbocycles. The maximum Gasteiger partial charge on any atom is 0.244 e. The second-order valence-corrected chi connectivity index (χ2v) is 3.72. The molecular weight excluding hydrogens is 188 g/mol. The zero-order chi connectivity index (χ0) is 12.4. The number of rotatable bonds is 3. The Hall–Kier alpha value is -1.56. The van der Waals surface area contributed by atoms with Crippen LogP contribution in [0, 0.1) is 23.2 Å². The van der Waals surface area contributed by atoms with Crippen molar-refractivity contribution < 1.29 is 4.79 Å². The maximum absolute atomic E-state index is 10.8. The summed E-state index contributed by atoms with van der Waals surface area (Å²) in [4.78, 5) is 10.8. The van der Waals surface area contributed by atoms with E-state index in [-0.39, 0.29) is 11.8 Å². The predicted octanol–water partition coefficient (Wildman–Crippen LogP) is 2.41. The maximum atomic E-state index is 10.8. The standard InChI is InChI=1S/C9H17NO.C3H3N/c1-6(2)5-8(7(3)4)9(10)11;1-2-3-4/h5-7H,1-4H3,(H2,10,11);2H,1H2. The van der Waals surface area contributed by atoms with E-state index >= 15 is 0 Å². The highest BCUT2D eigenvalue weighted by Crippen LogP contribution is 2.11. The summed E-state index contributed by atoms with van der Waals surface area (Å²) in [7, 11) is 0. The number of allylic oxidation sites excluding steroid dienone is 2. The molecule has 1 amide bonds. The van der Waals surface area contributed by atoms with E-state index in [1.165, 1.54) is 6.08 Å². The minimum Gasteiger partial charge on any atom is -0.366 e. The smallest absolute Gasteiger partial charge is 0.244 e. The molecule has 0 heterocycles. The second-order valence-electron chi connectivity index (χ2n) is 3.72. The summed E-state index contributed by atoms with van der Waals surface area (Å²) in [6.07, 6.45) is 3.10. The quantitative estimate of drug-likeness (QED) is 0.571. The van der Waals surface area contributed by atoms with Gasteiger partial charge in [-0.25, -0.2) is 0 Å². The van der Waals surface area contributed by atoms with Crippen molar-refractivity contribution in [3.05, 3.63) is 24.3 Å². The number of hydrogen-bond acceptors (Lipinski definition) is 2. The Morgan fingerprint density at radius 3 is 1.87 bits per heavy atom. The number of primary amides is 1. The van der Waals surface area contributed by atoms with Crippen LogP contribution in [0.2, 0.25) is 0 Å². The lowest BCUT2D eigenvalue weighted by Crippen LogP contribution is -2.18. The van der Waals surface area contributed by atoms with Gasteiger partial charge in [-0.3, -0.25) is 4.79 Å². The average molecular weight is 208 g/mol. The van der Waals surface area contributed by atoms with Gasteiger partial charge in [0.1, 0.15) is 0 Å². The van der Waals surface area contributed by atoms with Gasteiger partial charge in [0, 0.05) is 11.6 Å². The normalized spacial score (nSPS) is 10.3. The zero-order valence-electron chi connectivity index (χ0n) is 9.95. The molecular formula is C12H20N2O. The summed E-state index contributed by atoms with van der Waals surface area (Å²) in [6.45, 7) is 11.1. The summed E-state index contributed by atoms with van der Waals surface area (Å²) in [5.41, 5.74) is 5.91. The van der Waals surface area contributed by atoms with Gasteiger partial charge < -0.3 is 5.73 Å². The molecule has 0 aliphatic carbocycles. The molecule has 0 saturated heterocycles. The first-order chi connectivity index (χ1) is 6.86. The van der Waals surface area contributed by atoms with Crippen LogP contribution < -0.4 is 5.73 Å². The van der Waals surface area contributed by atoms with E-state index in [0.29, 0.717) is 5.92 Å². The molecule has 15 heavy (non-hydrogen) atoms. The van der Waals surface area contributed by atoms with Crippen molar-refractivity contribution in [2.24, 2.45) is 17.6 Å². The minimum atomic E-state index is -0.297. The molecule has 0 bridgehead atoms. The molecule has 2 N–H and O–H groups in total. The van der Waals surface area contributed by atoms with Crippen LogP contribution in [0.25, 0.3) is 0 Å². The van der Waals surface area contributed by atoms with Gasteiger partial charge in [-0.05, 0) is 11.8 Å². The molecule has 0 unspecified atom stereocenters. The molecule has 0 aromatic carbocycles. The van der Waals surface area contributed by atoms with Crippen LogP contribution in [0.3, 0.4) is 0 Å². The van der Waals surface area contributed by atoms with Gasteiger partial charge in [0.05, 0.1) is 6.07 Å². The Labute approximate surface area is 92.3 Å². The fourth-order valence-corrected chi connectivity index (χ4v) is 0.918. The number of carbonyl (C=O) groups is 1. The summed E-state index contributed by atoms with van der Waals surface area (Å²) in [6, 6.07) is 1.69. The van der Waals surface area contributed by atoms with Crippen LogP contribution in [0.1, 0.15) is 27.7 Å². The van der Waals surface area contributed by atoms with Crippen molar-refractivity contribution >= 4 is 5.91 Å². The summed E-state index contributed by atoms with van der Waals surface area (Å²) in [5, 5.41) is 7.51. The van der Waals surface area contributed by atoms with Gasteiger partial charge in [0.15, 0.2) is 0 Å². The van der Waals surface area contributed by atoms with E-state index in [4.69, 9.17) is 11.0 Å². The molecule has 84 valence electrons. The number of nitrogens with zero attached hydrogens (tertiary/aromatic N) is 1. The summed E-state index contributed by atoms with van der Waals surface area (Å²) >= 11 is 0. The number of hydrogen-bond donors (Lipinski definition) is 1. The van der Waals surface area contributed by atoms with Crippen molar-refractivity contribution in [1.29, 1.82) is 5.26 Å². The molecule has 0 rings (SSSR count). The number of amides is 1. The summed E-state index contributed by atoms with van der Waals surface area (Å²) < 4.78 is 0. The monoisotopic (exact) mass is 208 g/mol. The number of nitriles is 1. The first kappa shape index (κ1) is 15.9. The van der Waals surface area contributed by atoms with E-state index in [1.807, 2.05) is 33.8 Å². The van der Waals surface area contributed by atoms with Gasteiger partial charge in [-0.2, -0.15) is 5.26 Å². The number of nitrogens with two attached hydrogens (primary N) is 1. The molecule has 0 aromatic heterocycles. The van der Waals surface area contributed by atoms with Gasteiger partial charge in [-0.15, -0.1) is 0 Å². The molecule has 0 aliphatic rings. The molecule has 0 fully saturated rings. The van der Waals surface area contributed by atoms with Crippen LogP contribution >= 0.6 is 0 Å². The molecule has 0 radical (unpaired) electrons. The second kappa shape index (κ2) is 9.01. The van der Waals surface area contributed by atoms with Crippen LogP contribution in [0.5, 0.6) is 0 Å². The van der Waals surface area contributed by atoms with Crippen LogP contribution in [-0.4, -0.2) is 5.91 Å². The van der Waals surface area contributed by atoms with E-state index in [9.17, 15) is 4.79 Å². The van der Waals surface area contributed by atoms with E-state index in [2.05, 4.69) is 6.58 Å². The average Bonchev–Trinajstić information content (AvgIpc) is 2.13. The van der Waals surface area contributed by atoms with Gasteiger partial charge in [-0.1, -0.05) is 40.3 Å². The third-order valence-electron chi connectivity index (χ3n) is 1.51. The van der Waals surface area contributed by atoms with Crippen molar-refractivity contribution in [1.82, 2.24) is 0 Å². The Morgan fingerprint density at radius 2 is 1.80 bits per heavy atom. The van der Waals surface area contributed by atoms with Crippen LogP contribution in [0.15, 0.2) is 24.3 Å². The molecule has 0 atom stereocenters. The van der Waals surface area contributed by atoms with Crippen molar-refractivity contribution in [2.45, 2.75) is 27.7 Å². The van der Waals surface area contributed by atoms with Gasteiger partial charge in [0.25, 0.3) is 0 Å². The zero-order valence-corrected chi connectivity index (χ0v) is 9.95. The van der Waals surface area contributed by atoms with Gasteiger partial charge >= 0.3 is 0 Å². The molecule has 0 spiro atoms. The first-order valence-electron chi connectivity index (χ1n) is 4.88. The SMILES string of the molecule is C=CC#N.CC(C)C=C(C(N)=O)C(C)C. The van der Waals surface area contributed by atoms with E-state index in [0.717, 1.165) is 5.57 Å². The topological polar surface area (TPSA) is 66.9 Å². The van der Waals surface area contributed by atoms with E-state index in [1.54, 1.807) is 6.07 Å². The fraction of sp³-hybridized carbons (Fsp3) is 0.500. The Bertz CT molecular complexity index is 270. The largest absolute Gasteiger partial charge is 0.366 e. The first-order valence-corrected chi connectivity index (χ1v) is 4.88. The number of carbonyl (C=O) groups excluding carboxylic acids is 1. The summed E-state index contributed by atoms with van der Waals surface area (Å²) in [5.74, 6) is 0.323. The van der Waals surface area contributed by atoms with Crippen LogP contribution in [-0.2, 0) is 4.79 Å². The predicted molar refractivity (Wildman–Crippen MR) is 62.8 cm³/mol. The lowest BCUT2D eigenvalue weighted by molar-refractivity contribution is -0.115. The third kappa shape index (κ3) is 10.4. The fourth-order valence-electron chi connectivity index (χ4n) is 0.918. The van der Waals surface area contributed by atoms with Gasteiger partial charge in [0.2, 0.25) is 5.91 Å². The molecule has 3 heteroatoms. The highest BCUT2D eigenvalue weighted by molar-refractivity contribution is 5.92. The lowest BCUT2D eigenvalue weighted by Gasteiger charge is -2.08. The van der Waals surface area contributed by atoms with Crippen molar-refractivity contribution in [3.8, 4) is 6.07 Å². The Balaban J connectivity index is 0. The third-order valence-corrected chi connectivity index (χ3v) is 1.51. The highest BCUT2D eigenvalue weighted by atomic mass is 16.1. The van der Waals surface area contributed by atoms with Crippen molar-refractivity contribution in [3.63, 3.8) is 0 Å². The highest BCUT2D eigenvalue weighted by Gasteiger charge is 2.09. The molecule has 0 aliphatic heterocycles. The Kier molecular flexibility index (Phi) is 9.55. The molecule has 0 aromatic rings. The molecule has 3 nitrogen and oxygen atoms in total. The minimum absolute atomic E-state index is 0.231. The Morgan fingerprint density at radius 1 is 1.40 bits per heavy atom. The van der Waals surface area contributed by atoms with E-state index < -0.39 is 0 Å². The van der Waals surface area contributed by atoms with Crippen molar-refractivity contribution in [2.75, 3.05) is 0 Å². The van der Waals surface area contributed by atoms with Crippen LogP contribution in [0.4, 0.5) is 0 Å². The lowest BCUT2D eigenvalue weighted by atomic mass is 9.99.